The lowest BCUT2D eigenvalue weighted by Crippen LogP contribution is -2.47. The smallest absolute Gasteiger partial charge is 0.243 e. The van der Waals surface area contributed by atoms with Crippen LogP contribution in [0.4, 0.5) is 0 Å². The van der Waals surface area contributed by atoms with Gasteiger partial charge in [0.2, 0.25) is 11.8 Å². The van der Waals surface area contributed by atoms with E-state index in [1.165, 1.54) is 0 Å². The van der Waals surface area contributed by atoms with E-state index in [0.717, 1.165) is 17.7 Å². The van der Waals surface area contributed by atoms with E-state index < -0.39 is 6.04 Å². The second-order valence-corrected chi connectivity index (χ2v) is 6.50. The Bertz CT molecular complexity index is 741. The first-order chi connectivity index (χ1) is 12.0. The van der Waals surface area contributed by atoms with E-state index >= 15 is 0 Å². The van der Waals surface area contributed by atoms with Gasteiger partial charge in [-0.25, -0.2) is 0 Å². The quantitative estimate of drug-likeness (QED) is 0.906. The summed E-state index contributed by atoms with van der Waals surface area (Å²) in [6.45, 7) is 4.37. The predicted octanol–water partition coefficient (Wildman–Crippen LogP) is 2.39. The molecule has 2 atom stereocenters. The second-order valence-electron chi connectivity index (χ2n) is 6.50. The van der Waals surface area contributed by atoms with Crippen molar-refractivity contribution in [1.29, 1.82) is 0 Å². The molecule has 6 heteroatoms. The minimum Gasteiger partial charge on any atom is -0.361 e. The number of hydrogen-bond donors (Lipinski definition) is 1. The Kier molecular flexibility index (Phi) is 5.16. The molecule has 0 spiro atoms. The number of aryl methyl sites for hydroxylation is 1. The number of nitrogens with one attached hydrogen (secondary N) is 1. The molecule has 2 heterocycles. The fraction of sp³-hybridized carbons (Fsp3) is 0.421. The average molecular weight is 341 g/mol. The van der Waals surface area contributed by atoms with Crippen LogP contribution in [-0.2, 0) is 16.0 Å². The predicted molar refractivity (Wildman–Crippen MR) is 92.7 cm³/mol. The number of benzene rings is 1. The SMILES string of the molecule is Cc1cc(CC(=O)N2CCCC2C(=O)NC(C)c2ccccc2)on1. The third kappa shape index (κ3) is 4.07. The standard InChI is InChI=1S/C19H23N3O3/c1-13-11-16(25-21-13)12-18(23)22-10-6-9-17(22)19(24)20-14(2)15-7-4-3-5-8-15/h3-5,7-8,11,14,17H,6,9-10,12H2,1-2H3,(H,20,24). The van der Waals surface area contributed by atoms with Gasteiger partial charge in [-0.3, -0.25) is 9.59 Å². The molecular formula is C19H23N3O3. The molecule has 3 rings (SSSR count). The van der Waals surface area contributed by atoms with Crippen molar-refractivity contribution in [2.24, 2.45) is 0 Å². The average Bonchev–Trinajstić information content (AvgIpc) is 3.24. The summed E-state index contributed by atoms with van der Waals surface area (Å²) >= 11 is 0. The van der Waals surface area contributed by atoms with Crippen LogP contribution in [0.3, 0.4) is 0 Å². The highest BCUT2D eigenvalue weighted by Gasteiger charge is 2.34. The van der Waals surface area contributed by atoms with Crippen LogP contribution in [0.15, 0.2) is 40.9 Å². The lowest BCUT2D eigenvalue weighted by atomic mass is 10.1. The van der Waals surface area contributed by atoms with E-state index in [9.17, 15) is 9.59 Å². The van der Waals surface area contributed by atoms with Crippen molar-refractivity contribution >= 4 is 11.8 Å². The summed E-state index contributed by atoms with van der Waals surface area (Å²) < 4.78 is 5.11. The van der Waals surface area contributed by atoms with Crippen LogP contribution in [0.25, 0.3) is 0 Å². The zero-order chi connectivity index (χ0) is 17.8. The molecule has 1 fully saturated rings. The van der Waals surface area contributed by atoms with Crippen molar-refractivity contribution < 1.29 is 14.1 Å². The highest BCUT2D eigenvalue weighted by Crippen LogP contribution is 2.21. The Balaban J connectivity index is 1.62. The van der Waals surface area contributed by atoms with Gasteiger partial charge in [0.1, 0.15) is 11.8 Å². The second kappa shape index (κ2) is 7.51. The zero-order valence-electron chi connectivity index (χ0n) is 14.6. The summed E-state index contributed by atoms with van der Waals surface area (Å²) in [4.78, 5) is 26.9. The molecule has 1 aliphatic heterocycles. The van der Waals surface area contributed by atoms with Crippen molar-refractivity contribution in [2.45, 2.75) is 45.2 Å². The number of rotatable bonds is 5. The fourth-order valence-corrected chi connectivity index (χ4v) is 3.22. The van der Waals surface area contributed by atoms with E-state index in [2.05, 4.69) is 10.5 Å². The summed E-state index contributed by atoms with van der Waals surface area (Å²) in [7, 11) is 0. The van der Waals surface area contributed by atoms with Gasteiger partial charge in [-0.15, -0.1) is 0 Å². The van der Waals surface area contributed by atoms with Crippen LogP contribution < -0.4 is 5.32 Å². The van der Waals surface area contributed by atoms with Gasteiger partial charge >= 0.3 is 0 Å². The minimum atomic E-state index is -0.414. The minimum absolute atomic E-state index is 0.0943. The molecule has 132 valence electrons. The molecule has 0 bridgehead atoms. The molecule has 1 aromatic heterocycles. The molecule has 25 heavy (non-hydrogen) atoms. The van der Waals surface area contributed by atoms with E-state index in [1.54, 1.807) is 11.0 Å². The lowest BCUT2D eigenvalue weighted by molar-refractivity contribution is -0.138. The maximum atomic E-state index is 12.7. The molecule has 1 aromatic carbocycles. The van der Waals surface area contributed by atoms with Gasteiger partial charge in [-0.2, -0.15) is 0 Å². The lowest BCUT2D eigenvalue weighted by Gasteiger charge is -2.25. The van der Waals surface area contributed by atoms with Gasteiger partial charge in [0.05, 0.1) is 18.2 Å². The molecule has 0 saturated carbocycles. The van der Waals surface area contributed by atoms with Crippen molar-refractivity contribution in [3.05, 3.63) is 53.4 Å². The molecule has 0 aliphatic carbocycles. The van der Waals surface area contributed by atoms with Crippen LogP contribution >= 0.6 is 0 Å². The third-order valence-corrected chi connectivity index (χ3v) is 4.54. The third-order valence-electron chi connectivity index (χ3n) is 4.54. The van der Waals surface area contributed by atoms with Gasteiger partial charge in [-0.1, -0.05) is 35.5 Å². The topological polar surface area (TPSA) is 75.4 Å². The monoisotopic (exact) mass is 341 g/mol. The summed E-state index contributed by atoms with van der Waals surface area (Å²) in [5.74, 6) is 0.336. The molecule has 1 saturated heterocycles. The molecule has 1 aliphatic rings. The first-order valence-corrected chi connectivity index (χ1v) is 8.61. The van der Waals surface area contributed by atoms with Crippen LogP contribution in [0.5, 0.6) is 0 Å². The number of aromatic nitrogens is 1. The molecule has 1 N–H and O–H groups in total. The number of nitrogens with zero attached hydrogens (tertiary/aromatic N) is 2. The van der Waals surface area contributed by atoms with E-state index in [-0.39, 0.29) is 24.3 Å². The van der Waals surface area contributed by atoms with Gasteiger partial charge < -0.3 is 14.7 Å². The molecule has 2 unspecified atom stereocenters. The first kappa shape index (κ1) is 17.2. The highest BCUT2D eigenvalue weighted by molar-refractivity contribution is 5.89. The summed E-state index contributed by atoms with van der Waals surface area (Å²) in [5, 5.41) is 6.82. The van der Waals surface area contributed by atoms with Crippen molar-refractivity contribution in [2.75, 3.05) is 6.54 Å². The van der Waals surface area contributed by atoms with Crippen LogP contribution in [0.1, 0.15) is 42.8 Å². The molecule has 0 radical (unpaired) electrons. The molecule has 6 nitrogen and oxygen atoms in total. The Hall–Kier alpha value is -2.63. The van der Waals surface area contributed by atoms with E-state index in [0.29, 0.717) is 18.7 Å². The Morgan fingerprint density at radius 2 is 2.12 bits per heavy atom. The van der Waals surface area contributed by atoms with E-state index in [1.807, 2.05) is 44.2 Å². The Labute approximate surface area is 147 Å². The van der Waals surface area contributed by atoms with Crippen molar-refractivity contribution in [3.8, 4) is 0 Å². The van der Waals surface area contributed by atoms with Crippen LogP contribution in [-0.4, -0.2) is 34.5 Å². The summed E-state index contributed by atoms with van der Waals surface area (Å²) in [5.41, 5.74) is 1.79. The van der Waals surface area contributed by atoms with Crippen molar-refractivity contribution in [1.82, 2.24) is 15.4 Å². The number of hydrogen-bond acceptors (Lipinski definition) is 4. The van der Waals surface area contributed by atoms with Crippen LogP contribution in [0.2, 0.25) is 0 Å². The van der Waals surface area contributed by atoms with E-state index in [4.69, 9.17) is 4.52 Å². The summed E-state index contributed by atoms with van der Waals surface area (Å²) in [6.07, 6.45) is 1.66. The maximum Gasteiger partial charge on any atom is 0.243 e. The molecular weight excluding hydrogens is 318 g/mol. The Morgan fingerprint density at radius 1 is 1.36 bits per heavy atom. The largest absolute Gasteiger partial charge is 0.361 e. The molecule has 2 aromatic rings. The highest BCUT2D eigenvalue weighted by atomic mass is 16.5. The Morgan fingerprint density at radius 3 is 2.80 bits per heavy atom. The molecule has 2 amide bonds. The fourth-order valence-electron chi connectivity index (χ4n) is 3.22. The number of amides is 2. The maximum absolute atomic E-state index is 12.7. The number of carbonyl (C=O) groups is 2. The first-order valence-electron chi connectivity index (χ1n) is 8.61. The zero-order valence-corrected chi connectivity index (χ0v) is 14.6. The van der Waals surface area contributed by atoms with Gasteiger partial charge in [0, 0.05) is 12.6 Å². The van der Waals surface area contributed by atoms with Gasteiger partial charge in [0.25, 0.3) is 0 Å². The van der Waals surface area contributed by atoms with Gasteiger partial charge in [-0.05, 0) is 32.3 Å². The summed E-state index contributed by atoms with van der Waals surface area (Å²) in [6, 6.07) is 11.0. The van der Waals surface area contributed by atoms with Gasteiger partial charge in [0.15, 0.2) is 0 Å². The number of likely N-dealkylation sites (tertiary alicyclic amines) is 1. The van der Waals surface area contributed by atoms with Crippen LogP contribution in [0, 0.1) is 6.92 Å². The number of carbonyl (C=O) groups excluding carboxylic acids is 2. The normalized spacial score (nSPS) is 18.2. The van der Waals surface area contributed by atoms with Crippen molar-refractivity contribution in [3.63, 3.8) is 0 Å².